The molecule has 0 spiro atoms. The minimum absolute atomic E-state index is 0. The van der Waals surface area contributed by atoms with Crippen LogP contribution in [0.2, 0.25) is 0 Å². The molecule has 1 aliphatic heterocycles. The summed E-state index contributed by atoms with van der Waals surface area (Å²) in [5, 5.41) is 1.26. The van der Waals surface area contributed by atoms with Crippen LogP contribution in [0.4, 0.5) is 0 Å². The van der Waals surface area contributed by atoms with Crippen molar-refractivity contribution in [2.24, 2.45) is 11.7 Å². The topological polar surface area (TPSA) is 42.2 Å². The summed E-state index contributed by atoms with van der Waals surface area (Å²) in [4.78, 5) is 8.38. The number of aromatic nitrogens is 1. The SMILES string of the molecule is CC(C)Cc1ncc(CN2C[C@@H](N)[C@H](c3ccccc3)C2)s1.Cl. The van der Waals surface area contributed by atoms with Crippen molar-refractivity contribution in [1.82, 2.24) is 9.88 Å². The molecule has 0 radical (unpaired) electrons. The van der Waals surface area contributed by atoms with Gasteiger partial charge < -0.3 is 5.73 Å². The number of likely N-dealkylation sites (tertiary alicyclic amines) is 1. The van der Waals surface area contributed by atoms with Crippen molar-refractivity contribution in [3.63, 3.8) is 0 Å². The second kappa shape index (κ2) is 8.25. The summed E-state index contributed by atoms with van der Waals surface area (Å²) in [5.41, 5.74) is 7.74. The van der Waals surface area contributed by atoms with Crippen LogP contribution in [0.1, 0.15) is 35.2 Å². The number of rotatable bonds is 5. The zero-order valence-corrected chi connectivity index (χ0v) is 15.4. The quantitative estimate of drug-likeness (QED) is 0.893. The fourth-order valence-electron chi connectivity index (χ4n) is 3.18. The Hall–Kier alpha value is -0.940. The van der Waals surface area contributed by atoms with Crippen LogP contribution >= 0.6 is 23.7 Å². The number of nitrogens with two attached hydrogens (primary N) is 1. The molecule has 3 nitrogen and oxygen atoms in total. The van der Waals surface area contributed by atoms with Gasteiger partial charge in [0.2, 0.25) is 0 Å². The van der Waals surface area contributed by atoms with Crippen molar-refractivity contribution in [3.05, 3.63) is 52.0 Å². The van der Waals surface area contributed by atoms with Gasteiger partial charge in [0.25, 0.3) is 0 Å². The second-order valence-corrected chi connectivity index (χ2v) is 7.89. The van der Waals surface area contributed by atoms with Gasteiger partial charge in [0.1, 0.15) is 0 Å². The molecule has 0 aliphatic carbocycles. The summed E-state index contributed by atoms with van der Waals surface area (Å²) in [6.07, 6.45) is 3.13. The molecule has 0 saturated carbocycles. The lowest BCUT2D eigenvalue weighted by Gasteiger charge is -2.15. The van der Waals surface area contributed by atoms with Crippen LogP contribution in [0.3, 0.4) is 0 Å². The summed E-state index contributed by atoms with van der Waals surface area (Å²) in [6.45, 7) is 7.47. The Balaban J connectivity index is 0.00000192. The molecule has 1 aromatic carbocycles. The normalized spacial score (nSPS) is 21.6. The number of halogens is 1. The summed E-state index contributed by atoms with van der Waals surface area (Å²) in [5.74, 6) is 1.12. The average molecular weight is 352 g/mol. The van der Waals surface area contributed by atoms with Crippen LogP contribution in [-0.2, 0) is 13.0 Å². The van der Waals surface area contributed by atoms with E-state index in [-0.39, 0.29) is 18.4 Å². The van der Waals surface area contributed by atoms with Gasteiger partial charge in [-0.3, -0.25) is 4.90 Å². The Labute approximate surface area is 149 Å². The summed E-state index contributed by atoms with van der Waals surface area (Å²) >= 11 is 1.85. The Morgan fingerprint density at radius 3 is 2.70 bits per heavy atom. The number of nitrogens with zero attached hydrogens (tertiary/aromatic N) is 2. The van der Waals surface area contributed by atoms with Gasteiger partial charge in [-0.05, 0) is 11.5 Å². The van der Waals surface area contributed by atoms with Crippen molar-refractivity contribution in [2.45, 2.75) is 38.8 Å². The van der Waals surface area contributed by atoms with Crippen molar-refractivity contribution in [2.75, 3.05) is 13.1 Å². The van der Waals surface area contributed by atoms with Crippen LogP contribution in [0.5, 0.6) is 0 Å². The molecule has 1 aliphatic rings. The Morgan fingerprint density at radius 1 is 1.26 bits per heavy atom. The molecule has 23 heavy (non-hydrogen) atoms. The average Bonchev–Trinajstić information content (AvgIpc) is 3.06. The van der Waals surface area contributed by atoms with E-state index in [1.807, 2.05) is 17.5 Å². The van der Waals surface area contributed by atoms with Crippen LogP contribution in [0, 0.1) is 5.92 Å². The highest BCUT2D eigenvalue weighted by atomic mass is 35.5. The summed E-state index contributed by atoms with van der Waals surface area (Å²) in [6, 6.07) is 10.9. The van der Waals surface area contributed by atoms with Crippen LogP contribution in [0.15, 0.2) is 36.5 Å². The van der Waals surface area contributed by atoms with Gasteiger partial charge in [-0.2, -0.15) is 0 Å². The predicted octanol–water partition coefficient (Wildman–Crippen LogP) is 3.69. The van der Waals surface area contributed by atoms with Gasteiger partial charge in [0.15, 0.2) is 0 Å². The van der Waals surface area contributed by atoms with Gasteiger partial charge in [0, 0.05) is 49.1 Å². The van der Waals surface area contributed by atoms with E-state index in [1.165, 1.54) is 15.4 Å². The first kappa shape index (κ1) is 18.4. The molecule has 126 valence electrons. The van der Waals surface area contributed by atoms with E-state index in [0.717, 1.165) is 26.1 Å². The standard InChI is InChI=1S/C18H25N3S.ClH/c1-13(2)8-18-20-9-15(22-18)10-21-11-16(17(19)12-21)14-6-4-3-5-7-14;/h3-7,9,13,16-17H,8,10-12,19H2,1-2H3;1H/t16-,17+;/m0./s1. The molecule has 3 rings (SSSR count). The molecule has 1 aromatic heterocycles. The lowest BCUT2D eigenvalue weighted by atomic mass is 9.95. The van der Waals surface area contributed by atoms with Crippen molar-refractivity contribution >= 4 is 23.7 Å². The molecule has 2 atom stereocenters. The van der Waals surface area contributed by atoms with Gasteiger partial charge in [0.05, 0.1) is 5.01 Å². The van der Waals surface area contributed by atoms with Gasteiger partial charge in [-0.1, -0.05) is 44.2 Å². The van der Waals surface area contributed by atoms with Gasteiger partial charge >= 0.3 is 0 Å². The Morgan fingerprint density at radius 2 is 2.00 bits per heavy atom. The molecule has 1 fully saturated rings. The summed E-state index contributed by atoms with van der Waals surface area (Å²) < 4.78 is 0. The van der Waals surface area contributed by atoms with E-state index in [0.29, 0.717) is 11.8 Å². The fraction of sp³-hybridized carbons (Fsp3) is 0.500. The maximum atomic E-state index is 6.37. The minimum Gasteiger partial charge on any atom is -0.326 e. The largest absolute Gasteiger partial charge is 0.326 e. The highest BCUT2D eigenvalue weighted by Crippen LogP contribution is 2.28. The minimum atomic E-state index is 0. The number of benzene rings is 1. The maximum absolute atomic E-state index is 6.37. The summed E-state index contributed by atoms with van der Waals surface area (Å²) in [7, 11) is 0. The monoisotopic (exact) mass is 351 g/mol. The fourth-order valence-corrected chi connectivity index (χ4v) is 4.36. The van der Waals surface area contributed by atoms with E-state index < -0.39 is 0 Å². The Bertz CT molecular complexity index is 599. The van der Waals surface area contributed by atoms with Crippen LogP contribution < -0.4 is 5.73 Å². The first-order chi connectivity index (χ1) is 10.6. The van der Waals surface area contributed by atoms with E-state index in [2.05, 4.69) is 54.1 Å². The highest BCUT2D eigenvalue weighted by molar-refractivity contribution is 7.11. The zero-order valence-electron chi connectivity index (χ0n) is 13.8. The lowest BCUT2D eigenvalue weighted by molar-refractivity contribution is 0.326. The van der Waals surface area contributed by atoms with Crippen LogP contribution in [-0.4, -0.2) is 29.0 Å². The van der Waals surface area contributed by atoms with Crippen molar-refractivity contribution in [1.29, 1.82) is 0 Å². The lowest BCUT2D eigenvalue weighted by Crippen LogP contribution is -2.28. The molecule has 5 heteroatoms. The first-order valence-corrected chi connectivity index (χ1v) is 8.90. The molecule has 0 unspecified atom stereocenters. The number of hydrogen-bond acceptors (Lipinski definition) is 4. The van der Waals surface area contributed by atoms with E-state index in [1.54, 1.807) is 0 Å². The van der Waals surface area contributed by atoms with E-state index >= 15 is 0 Å². The zero-order chi connectivity index (χ0) is 15.5. The first-order valence-electron chi connectivity index (χ1n) is 8.08. The number of hydrogen-bond donors (Lipinski definition) is 1. The van der Waals surface area contributed by atoms with Crippen molar-refractivity contribution in [3.8, 4) is 0 Å². The van der Waals surface area contributed by atoms with Gasteiger partial charge in [-0.15, -0.1) is 23.7 Å². The third kappa shape index (κ3) is 4.77. The number of thiazole rings is 1. The second-order valence-electron chi connectivity index (χ2n) is 6.69. The molecule has 1 saturated heterocycles. The van der Waals surface area contributed by atoms with Crippen molar-refractivity contribution < 1.29 is 0 Å². The van der Waals surface area contributed by atoms with Crippen LogP contribution in [0.25, 0.3) is 0 Å². The molecule has 2 N–H and O–H groups in total. The molecule has 0 bridgehead atoms. The predicted molar refractivity (Wildman–Crippen MR) is 100 cm³/mol. The highest BCUT2D eigenvalue weighted by Gasteiger charge is 2.31. The smallest absolute Gasteiger partial charge is 0.0930 e. The molecule has 2 heterocycles. The van der Waals surface area contributed by atoms with E-state index in [4.69, 9.17) is 5.73 Å². The Kier molecular flexibility index (Phi) is 6.60. The maximum Gasteiger partial charge on any atom is 0.0930 e. The third-order valence-electron chi connectivity index (χ3n) is 4.23. The molecular formula is C18H26ClN3S. The van der Waals surface area contributed by atoms with Gasteiger partial charge in [-0.25, -0.2) is 4.98 Å². The molecule has 0 amide bonds. The van der Waals surface area contributed by atoms with E-state index in [9.17, 15) is 0 Å². The molecule has 2 aromatic rings. The third-order valence-corrected chi connectivity index (χ3v) is 5.24. The molecular weight excluding hydrogens is 326 g/mol.